The number of carbonyl (C=O) groups is 2. The number of carbonyl (C=O) groups excluding carboxylic acids is 1. The van der Waals surface area contributed by atoms with Crippen molar-refractivity contribution in [3.8, 4) is 0 Å². The van der Waals surface area contributed by atoms with Crippen molar-refractivity contribution in [3.05, 3.63) is 35.4 Å². The van der Waals surface area contributed by atoms with Gasteiger partial charge >= 0.3 is 11.9 Å². The monoisotopic (exact) mass is 446 g/mol. The van der Waals surface area contributed by atoms with E-state index in [4.69, 9.17) is 9.84 Å². The molecule has 1 aromatic rings. The highest BCUT2D eigenvalue weighted by Gasteiger charge is 2.16. The molecule has 1 N–H and O–H groups in total. The molecule has 0 amide bonds. The number of rotatable bonds is 20. The first kappa shape index (κ1) is 28.2. The normalized spacial score (nSPS) is 11.1. The zero-order valence-corrected chi connectivity index (χ0v) is 20.6. The van der Waals surface area contributed by atoms with E-state index in [-0.39, 0.29) is 11.1 Å². The van der Waals surface area contributed by atoms with Gasteiger partial charge in [0.1, 0.15) is 0 Å². The molecule has 4 heteroatoms. The van der Waals surface area contributed by atoms with Crippen molar-refractivity contribution in [3.63, 3.8) is 0 Å². The smallest absolute Gasteiger partial charge is 0.339 e. The van der Waals surface area contributed by atoms with E-state index in [9.17, 15) is 9.59 Å². The Labute approximate surface area is 196 Å². The summed E-state index contributed by atoms with van der Waals surface area (Å²) >= 11 is 0. The lowest BCUT2D eigenvalue weighted by molar-refractivity contribution is 0.0487. The van der Waals surface area contributed by atoms with E-state index < -0.39 is 11.9 Å². The van der Waals surface area contributed by atoms with Gasteiger partial charge in [0.2, 0.25) is 0 Å². The van der Waals surface area contributed by atoms with Gasteiger partial charge in [-0.25, -0.2) is 9.59 Å². The molecule has 1 rings (SSSR count). The summed E-state index contributed by atoms with van der Waals surface area (Å²) in [4.78, 5) is 23.3. The first-order valence-corrected chi connectivity index (χ1v) is 13.1. The SMILES string of the molecule is CCCCC(CCCC)CCCCCCCCCCCOC(=O)c1ccccc1C(=O)O. The zero-order valence-electron chi connectivity index (χ0n) is 20.6. The largest absolute Gasteiger partial charge is 0.478 e. The third-order valence-corrected chi connectivity index (χ3v) is 6.30. The van der Waals surface area contributed by atoms with Crippen LogP contribution in [0.4, 0.5) is 0 Å². The number of hydrogen-bond donors (Lipinski definition) is 1. The molecular weight excluding hydrogens is 400 g/mol. The summed E-state index contributed by atoms with van der Waals surface area (Å²) in [5.41, 5.74) is 0.122. The number of aromatic carboxylic acids is 1. The third-order valence-electron chi connectivity index (χ3n) is 6.30. The molecule has 0 fully saturated rings. The molecule has 0 saturated heterocycles. The van der Waals surface area contributed by atoms with Crippen molar-refractivity contribution in [2.45, 2.75) is 117 Å². The van der Waals surface area contributed by atoms with Crippen LogP contribution in [-0.4, -0.2) is 23.7 Å². The maximum Gasteiger partial charge on any atom is 0.339 e. The Morgan fingerprint density at radius 1 is 0.719 bits per heavy atom. The predicted molar refractivity (Wildman–Crippen MR) is 132 cm³/mol. The van der Waals surface area contributed by atoms with Crippen LogP contribution in [0, 0.1) is 5.92 Å². The number of benzene rings is 1. The topological polar surface area (TPSA) is 63.6 Å². The molecular formula is C28H46O4. The Morgan fingerprint density at radius 2 is 1.19 bits per heavy atom. The highest BCUT2D eigenvalue weighted by atomic mass is 16.5. The lowest BCUT2D eigenvalue weighted by Crippen LogP contribution is -2.12. The second-order valence-electron chi connectivity index (χ2n) is 9.11. The fourth-order valence-electron chi connectivity index (χ4n) is 4.28. The van der Waals surface area contributed by atoms with E-state index in [2.05, 4.69) is 13.8 Å². The molecule has 182 valence electrons. The number of ether oxygens (including phenoxy) is 1. The Balaban J connectivity index is 2.00. The van der Waals surface area contributed by atoms with Gasteiger partial charge in [-0.2, -0.15) is 0 Å². The van der Waals surface area contributed by atoms with Crippen LogP contribution in [0.15, 0.2) is 24.3 Å². The predicted octanol–water partition coefficient (Wildman–Crippen LogP) is 8.44. The molecule has 0 radical (unpaired) electrons. The average molecular weight is 447 g/mol. The maximum absolute atomic E-state index is 12.1. The lowest BCUT2D eigenvalue weighted by atomic mass is 9.90. The van der Waals surface area contributed by atoms with Crippen molar-refractivity contribution in [1.82, 2.24) is 0 Å². The number of esters is 1. The van der Waals surface area contributed by atoms with Gasteiger partial charge in [-0.05, 0) is 24.5 Å². The number of carboxylic acid groups (broad SMARTS) is 1. The second-order valence-corrected chi connectivity index (χ2v) is 9.11. The van der Waals surface area contributed by atoms with Crippen LogP contribution in [0.25, 0.3) is 0 Å². The van der Waals surface area contributed by atoms with E-state index in [1.165, 1.54) is 102 Å². The van der Waals surface area contributed by atoms with Gasteiger partial charge in [0.05, 0.1) is 17.7 Å². The highest BCUT2D eigenvalue weighted by Crippen LogP contribution is 2.23. The van der Waals surface area contributed by atoms with Crippen LogP contribution in [0.3, 0.4) is 0 Å². The molecule has 32 heavy (non-hydrogen) atoms. The summed E-state index contributed by atoms with van der Waals surface area (Å²) in [6, 6.07) is 6.19. The first-order valence-electron chi connectivity index (χ1n) is 13.1. The molecule has 0 spiro atoms. The summed E-state index contributed by atoms with van der Waals surface area (Å²) in [5.74, 6) is -0.693. The summed E-state index contributed by atoms with van der Waals surface area (Å²) < 4.78 is 5.26. The molecule has 0 bridgehead atoms. The van der Waals surface area contributed by atoms with Gasteiger partial charge in [-0.3, -0.25) is 0 Å². The van der Waals surface area contributed by atoms with Crippen molar-refractivity contribution in [1.29, 1.82) is 0 Å². The fourth-order valence-corrected chi connectivity index (χ4v) is 4.28. The minimum Gasteiger partial charge on any atom is -0.478 e. The summed E-state index contributed by atoms with van der Waals surface area (Å²) in [6.07, 6.45) is 20.8. The minimum atomic E-state index is -1.11. The molecule has 0 aliphatic heterocycles. The highest BCUT2D eigenvalue weighted by molar-refractivity contribution is 6.02. The second kappa shape index (κ2) is 18.7. The van der Waals surface area contributed by atoms with Crippen molar-refractivity contribution >= 4 is 11.9 Å². The fraction of sp³-hybridized carbons (Fsp3) is 0.714. The number of hydrogen-bond acceptors (Lipinski definition) is 3. The van der Waals surface area contributed by atoms with Gasteiger partial charge in [-0.1, -0.05) is 122 Å². The first-order chi connectivity index (χ1) is 15.6. The van der Waals surface area contributed by atoms with E-state index >= 15 is 0 Å². The molecule has 0 aliphatic carbocycles. The standard InChI is InChI=1S/C28H46O4/c1-3-5-18-24(19-6-4-2)20-14-12-10-8-7-9-11-13-17-23-32-28(31)26-22-16-15-21-25(26)27(29)30/h15-16,21-22,24H,3-14,17-20,23H2,1-2H3,(H,29,30). The van der Waals surface area contributed by atoms with Gasteiger partial charge < -0.3 is 9.84 Å². The summed E-state index contributed by atoms with van der Waals surface area (Å²) in [7, 11) is 0. The molecule has 0 aliphatic rings. The van der Waals surface area contributed by atoms with Crippen LogP contribution < -0.4 is 0 Å². The van der Waals surface area contributed by atoms with E-state index in [1.807, 2.05) is 0 Å². The lowest BCUT2D eigenvalue weighted by Gasteiger charge is -2.16. The summed E-state index contributed by atoms with van der Waals surface area (Å²) in [5, 5.41) is 9.15. The Hall–Kier alpha value is -1.84. The van der Waals surface area contributed by atoms with Crippen LogP contribution in [-0.2, 0) is 4.74 Å². The number of unbranched alkanes of at least 4 members (excludes halogenated alkanes) is 10. The zero-order chi connectivity index (χ0) is 23.4. The van der Waals surface area contributed by atoms with Crippen LogP contribution in [0.5, 0.6) is 0 Å². The molecule has 4 nitrogen and oxygen atoms in total. The summed E-state index contributed by atoms with van der Waals surface area (Å²) in [6.45, 7) is 4.94. The molecule has 0 unspecified atom stereocenters. The maximum atomic E-state index is 12.1. The van der Waals surface area contributed by atoms with Crippen LogP contribution in [0.2, 0.25) is 0 Å². The molecule has 0 aromatic heterocycles. The van der Waals surface area contributed by atoms with Crippen molar-refractivity contribution in [2.75, 3.05) is 6.61 Å². The number of carboxylic acids is 1. The molecule has 1 aromatic carbocycles. The quantitative estimate of drug-likeness (QED) is 0.161. The van der Waals surface area contributed by atoms with Gasteiger partial charge in [0, 0.05) is 0 Å². The van der Waals surface area contributed by atoms with Crippen molar-refractivity contribution in [2.24, 2.45) is 5.92 Å². The van der Waals surface area contributed by atoms with E-state index in [0.717, 1.165) is 18.8 Å². The van der Waals surface area contributed by atoms with E-state index in [0.29, 0.717) is 6.61 Å². The van der Waals surface area contributed by atoms with Gasteiger partial charge in [0.25, 0.3) is 0 Å². The van der Waals surface area contributed by atoms with Crippen LogP contribution >= 0.6 is 0 Å². The van der Waals surface area contributed by atoms with E-state index in [1.54, 1.807) is 12.1 Å². The third kappa shape index (κ3) is 12.9. The van der Waals surface area contributed by atoms with Crippen molar-refractivity contribution < 1.29 is 19.4 Å². The molecule has 0 heterocycles. The molecule has 0 atom stereocenters. The average Bonchev–Trinajstić information content (AvgIpc) is 2.80. The van der Waals surface area contributed by atoms with Gasteiger partial charge in [0.15, 0.2) is 0 Å². The Kier molecular flexibility index (Phi) is 16.5. The Bertz CT molecular complexity index is 618. The van der Waals surface area contributed by atoms with Gasteiger partial charge in [-0.15, -0.1) is 0 Å². The van der Waals surface area contributed by atoms with Crippen LogP contribution in [0.1, 0.15) is 137 Å². The Morgan fingerprint density at radius 3 is 1.72 bits per heavy atom. The minimum absolute atomic E-state index is 0.00469. The molecule has 0 saturated carbocycles.